The first-order valence-electron chi connectivity index (χ1n) is 7.43. The molecule has 0 amide bonds. The van der Waals surface area contributed by atoms with Gasteiger partial charge >= 0.3 is 0 Å². The number of hydrogen-bond donors (Lipinski definition) is 1. The van der Waals surface area contributed by atoms with Crippen LogP contribution in [-0.4, -0.2) is 17.0 Å². The largest absolute Gasteiger partial charge is 0.372 e. The Balaban J connectivity index is 1.94. The zero-order valence-electron chi connectivity index (χ0n) is 13.4. The quantitative estimate of drug-likeness (QED) is 0.532. The molecule has 0 spiro atoms. The number of nitriles is 1. The highest BCUT2D eigenvalue weighted by molar-refractivity contribution is 7.98. The van der Waals surface area contributed by atoms with Crippen LogP contribution in [0.1, 0.15) is 16.7 Å². The molecule has 0 aliphatic carbocycles. The van der Waals surface area contributed by atoms with E-state index < -0.39 is 0 Å². The first kappa shape index (κ1) is 16.5. The fourth-order valence-electron chi connectivity index (χ4n) is 2.33. The molecule has 24 heavy (non-hydrogen) atoms. The molecular weight excluding hydrogens is 336 g/mol. The monoisotopic (exact) mass is 352 g/mol. The lowest BCUT2D eigenvalue weighted by atomic mass is 10.2. The van der Waals surface area contributed by atoms with Crippen molar-refractivity contribution >= 4 is 28.9 Å². The Labute approximate surface area is 149 Å². The van der Waals surface area contributed by atoms with Crippen molar-refractivity contribution in [3.05, 3.63) is 58.5 Å². The maximum absolute atomic E-state index is 9.49. The topological polar surface area (TPSA) is 61.6 Å². The molecule has 3 rings (SSSR count). The number of thiophene rings is 1. The van der Waals surface area contributed by atoms with E-state index in [1.54, 1.807) is 30.1 Å². The van der Waals surface area contributed by atoms with Gasteiger partial charge in [-0.2, -0.15) is 5.26 Å². The molecule has 6 heteroatoms. The second kappa shape index (κ2) is 7.47. The Morgan fingerprint density at radius 1 is 1.25 bits per heavy atom. The third-order valence-electron chi connectivity index (χ3n) is 3.44. The number of rotatable bonds is 5. The lowest BCUT2D eigenvalue weighted by Crippen LogP contribution is -2.02. The molecule has 0 atom stereocenters. The van der Waals surface area contributed by atoms with E-state index in [-0.39, 0.29) is 0 Å². The average molecular weight is 352 g/mol. The second-order valence-electron chi connectivity index (χ2n) is 5.20. The summed E-state index contributed by atoms with van der Waals surface area (Å²) in [6.45, 7) is 2.08. The summed E-state index contributed by atoms with van der Waals surface area (Å²) in [4.78, 5) is 10.1. The summed E-state index contributed by atoms with van der Waals surface area (Å²) >= 11 is 3.15. The molecule has 0 fully saturated rings. The molecule has 3 aromatic rings. The van der Waals surface area contributed by atoms with Crippen LogP contribution < -0.4 is 5.32 Å². The zero-order chi connectivity index (χ0) is 16.9. The van der Waals surface area contributed by atoms with Gasteiger partial charge in [0.1, 0.15) is 23.1 Å². The summed E-state index contributed by atoms with van der Waals surface area (Å²) in [6.07, 6.45) is 0. The van der Waals surface area contributed by atoms with Crippen molar-refractivity contribution in [1.82, 2.24) is 9.97 Å². The molecule has 0 unspecified atom stereocenters. The van der Waals surface area contributed by atoms with E-state index in [4.69, 9.17) is 0 Å². The van der Waals surface area contributed by atoms with Gasteiger partial charge in [-0.3, -0.25) is 0 Å². The van der Waals surface area contributed by atoms with Crippen molar-refractivity contribution in [3.63, 3.8) is 0 Å². The summed E-state index contributed by atoms with van der Waals surface area (Å²) in [6, 6.07) is 14.6. The van der Waals surface area contributed by atoms with Crippen LogP contribution in [-0.2, 0) is 5.75 Å². The van der Waals surface area contributed by atoms with Crippen LogP contribution >= 0.6 is 23.1 Å². The van der Waals surface area contributed by atoms with Gasteiger partial charge in [0.2, 0.25) is 0 Å². The molecule has 0 aliphatic heterocycles. The molecule has 0 saturated carbocycles. The summed E-state index contributed by atoms with van der Waals surface area (Å²) in [7, 11) is 1.77. The minimum absolute atomic E-state index is 0.486. The van der Waals surface area contributed by atoms with E-state index in [1.807, 2.05) is 17.5 Å². The number of benzene rings is 1. The molecular formula is C18H16N4S2. The fraction of sp³-hybridized carbons (Fsp3) is 0.167. The van der Waals surface area contributed by atoms with Crippen LogP contribution in [0.15, 0.2) is 46.9 Å². The van der Waals surface area contributed by atoms with Crippen molar-refractivity contribution in [2.24, 2.45) is 0 Å². The zero-order valence-corrected chi connectivity index (χ0v) is 15.0. The van der Waals surface area contributed by atoms with Gasteiger partial charge in [0.25, 0.3) is 0 Å². The Bertz CT molecular complexity index is 883. The number of aryl methyl sites for hydroxylation is 1. The van der Waals surface area contributed by atoms with E-state index in [9.17, 15) is 5.26 Å². The third-order valence-corrected chi connectivity index (χ3v) is 5.24. The van der Waals surface area contributed by atoms with Gasteiger partial charge in [-0.1, -0.05) is 47.7 Å². The van der Waals surface area contributed by atoms with Crippen LogP contribution in [0, 0.1) is 18.3 Å². The van der Waals surface area contributed by atoms with Gasteiger partial charge < -0.3 is 5.32 Å². The van der Waals surface area contributed by atoms with Gasteiger partial charge in [-0.15, -0.1) is 11.3 Å². The molecule has 1 aromatic carbocycles. The predicted molar refractivity (Wildman–Crippen MR) is 100 cm³/mol. The van der Waals surface area contributed by atoms with Crippen molar-refractivity contribution in [3.8, 4) is 16.6 Å². The Hall–Kier alpha value is -2.36. The van der Waals surface area contributed by atoms with Crippen LogP contribution in [0.4, 0.5) is 5.82 Å². The first-order valence-corrected chi connectivity index (χ1v) is 9.30. The minimum atomic E-state index is 0.486. The van der Waals surface area contributed by atoms with Crippen LogP contribution in [0.2, 0.25) is 0 Å². The van der Waals surface area contributed by atoms with Crippen LogP contribution in [0.3, 0.4) is 0 Å². The van der Waals surface area contributed by atoms with Crippen molar-refractivity contribution in [2.45, 2.75) is 17.8 Å². The number of nitrogens with one attached hydrogen (secondary N) is 1. The highest BCUT2D eigenvalue weighted by Crippen LogP contribution is 2.32. The standard InChI is InChI=1S/C18H16N4S2/c1-12-5-3-6-13(9-12)11-24-18-21-16(15-7-4-8-23-15)14(10-19)17(20-2)22-18/h3-9H,11H2,1-2H3,(H,20,21,22). The van der Waals surface area contributed by atoms with E-state index in [2.05, 4.69) is 52.5 Å². The Kier molecular flexibility index (Phi) is 5.14. The maximum atomic E-state index is 9.49. The second-order valence-corrected chi connectivity index (χ2v) is 7.09. The first-order chi connectivity index (χ1) is 11.7. The summed E-state index contributed by atoms with van der Waals surface area (Å²) in [5.74, 6) is 1.36. The highest BCUT2D eigenvalue weighted by Gasteiger charge is 2.16. The number of hydrogen-bond acceptors (Lipinski definition) is 6. The number of nitrogens with zero attached hydrogens (tertiary/aromatic N) is 3. The molecule has 2 heterocycles. The van der Waals surface area contributed by atoms with Crippen LogP contribution in [0.25, 0.3) is 10.6 Å². The third kappa shape index (κ3) is 3.58. The van der Waals surface area contributed by atoms with E-state index in [0.717, 1.165) is 10.6 Å². The molecule has 2 aromatic heterocycles. The van der Waals surface area contributed by atoms with Crippen molar-refractivity contribution in [1.29, 1.82) is 5.26 Å². The normalized spacial score (nSPS) is 10.4. The van der Waals surface area contributed by atoms with Gasteiger partial charge in [0.15, 0.2) is 5.16 Å². The van der Waals surface area contributed by atoms with Gasteiger partial charge in [0, 0.05) is 12.8 Å². The van der Waals surface area contributed by atoms with Gasteiger partial charge in [-0.25, -0.2) is 9.97 Å². The molecule has 0 radical (unpaired) electrons. The minimum Gasteiger partial charge on any atom is -0.372 e. The smallest absolute Gasteiger partial charge is 0.190 e. The van der Waals surface area contributed by atoms with Crippen molar-refractivity contribution < 1.29 is 0 Å². The Morgan fingerprint density at radius 2 is 2.12 bits per heavy atom. The van der Waals surface area contributed by atoms with Crippen molar-refractivity contribution in [2.75, 3.05) is 12.4 Å². The number of anilines is 1. The molecule has 0 bridgehead atoms. The molecule has 1 N–H and O–H groups in total. The lowest BCUT2D eigenvalue weighted by molar-refractivity contribution is 0.969. The summed E-state index contributed by atoms with van der Waals surface area (Å²) < 4.78 is 0. The van der Waals surface area contributed by atoms with Crippen LogP contribution in [0.5, 0.6) is 0 Å². The molecule has 0 aliphatic rings. The Morgan fingerprint density at radius 3 is 2.79 bits per heavy atom. The average Bonchev–Trinajstić information content (AvgIpc) is 3.13. The van der Waals surface area contributed by atoms with E-state index in [0.29, 0.717) is 22.2 Å². The van der Waals surface area contributed by atoms with E-state index >= 15 is 0 Å². The SMILES string of the molecule is CNc1nc(SCc2cccc(C)c2)nc(-c2cccs2)c1C#N. The molecule has 0 saturated heterocycles. The molecule has 120 valence electrons. The summed E-state index contributed by atoms with van der Waals surface area (Å²) in [5, 5.41) is 15.2. The summed E-state index contributed by atoms with van der Waals surface area (Å²) in [5.41, 5.74) is 3.65. The van der Waals surface area contributed by atoms with Gasteiger partial charge in [0.05, 0.1) is 4.88 Å². The number of thioether (sulfide) groups is 1. The predicted octanol–water partition coefficient (Wildman–Crippen LogP) is 4.72. The maximum Gasteiger partial charge on any atom is 0.190 e. The molecule has 4 nitrogen and oxygen atoms in total. The number of aromatic nitrogens is 2. The fourth-order valence-corrected chi connectivity index (χ4v) is 3.84. The lowest BCUT2D eigenvalue weighted by Gasteiger charge is -2.09. The highest BCUT2D eigenvalue weighted by atomic mass is 32.2. The van der Waals surface area contributed by atoms with Gasteiger partial charge in [-0.05, 0) is 23.9 Å². The van der Waals surface area contributed by atoms with E-state index in [1.165, 1.54) is 11.1 Å².